The van der Waals surface area contributed by atoms with Crippen LogP contribution in [0.2, 0.25) is 0 Å². The first kappa shape index (κ1) is 20.8. The van der Waals surface area contributed by atoms with Crippen LogP contribution in [0.4, 0.5) is 19.0 Å². The topological polar surface area (TPSA) is 63.7 Å². The van der Waals surface area contributed by atoms with Gasteiger partial charge in [0.05, 0.1) is 25.3 Å². The van der Waals surface area contributed by atoms with Crippen molar-refractivity contribution in [1.29, 1.82) is 0 Å². The highest BCUT2D eigenvalue weighted by atomic mass is 19.4. The first-order valence-electron chi connectivity index (χ1n) is 9.13. The van der Waals surface area contributed by atoms with Gasteiger partial charge in [0.1, 0.15) is 17.3 Å². The summed E-state index contributed by atoms with van der Waals surface area (Å²) >= 11 is 0. The summed E-state index contributed by atoms with van der Waals surface area (Å²) in [6, 6.07) is 7.36. The van der Waals surface area contributed by atoms with E-state index in [1.165, 1.54) is 20.3 Å². The van der Waals surface area contributed by atoms with Gasteiger partial charge in [-0.25, -0.2) is 4.98 Å². The number of methoxy groups -OCH3 is 2. The van der Waals surface area contributed by atoms with Crippen molar-refractivity contribution < 1.29 is 27.4 Å². The standard InChI is InChI=1S/C20H22F3N3O3/c1-28-15-4-5-16(17(11-15)29-2)19(27)25-14-7-9-26(10-8-14)18-6-3-13(12-24-18)20(21,22)23/h3-6,11-12,14H,7-10H2,1-2H3,(H,25,27). The van der Waals surface area contributed by atoms with Crippen molar-refractivity contribution in [2.45, 2.75) is 25.1 Å². The molecule has 0 aliphatic carbocycles. The maximum atomic E-state index is 12.7. The molecule has 1 fully saturated rings. The fraction of sp³-hybridized carbons (Fsp3) is 0.400. The van der Waals surface area contributed by atoms with E-state index in [1.54, 1.807) is 18.2 Å². The summed E-state index contributed by atoms with van der Waals surface area (Å²) in [6.07, 6.45) is -2.23. The largest absolute Gasteiger partial charge is 0.497 e. The number of pyridine rings is 1. The van der Waals surface area contributed by atoms with Crippen molar-refractivity contribution in [3.8, 4) is 11.5 Å². The molecule has 1 aliphatic heterocycles. The Morgan fingerprint density at radius 1 is 1.14 bits per heavy atom. The Balaban J connectivity index is 1.58. The Labute approximate surface area is 166 Å². The molecule has 1 aromatic carbocycles. The number of nitrogens with one attached hydrogen (secondary N) is 1. The lowest BCUT2D eigenvalue weighted by molar-refractivity contribution is -0.137. The third-order valence-electron chi connectivity index (χ3n) is 4.88. The summed E-state index contributed by atoms with van der Waals surface area (Å²) in [5, 5.41) is 2.99. The van der Waals surface area contributed by atoms with E-state index in [-0.39, 0.29) is 11.9 Å². The summed E-state index contributed by atoms with van der Waals surface area (Å²) in [5.74, 6) is 1.28. The second-order valence-corrected chi connectivity index (χ2v) is 6.70. The number of carbonyl (C=O) groups is 1. The molecule has 0 bridgehead atoms. The quantitative estimate of drug-likeness (QED) is 0.819. The first-order chi connectivity index (χ1) is 13.8. The van der Waals surface area contributed by atoms with Crippen LogP contribution in [0.15, 0.2) is 36.5 Å². The third-order valence-corrected chi connectivity index (χ3v) is 4.88. The summed E-state index contributed by atoms with van der Waals surface area (Å²) < 4.78 is 48.4. The predicted octanol–water partition coefficient (Wildman–Crippen LogP) is 3.52. The SMILES string of the molecule is COc1ccc(C(=O)NC2CCN(c3ccc(C(F)(F)F)cn3)CC2)c(OC)c1. The summed E-state index contributed by atoms with van der Waals surface area (Å²) in [5.41, 5.74) is -0.350. The number of carbonyl (C=O) groups excluding carboxylic acids is 1. The van der Waals surface area contributed by atoms with Gasteiger partial charge in [0, 0.05) is 31.4 Å². The lowest BCUT2D eigenvalue weighted by Gasteiger charge is -2.33. The molecule has 6 nitrogen and oxygen atoms in total. The normalized spacial score (nSPS) is 15.1. The molecule has 1 N–H and O–H groups in total. The molecular weight excluding hydrogens is 387 g/mol. The van der Waals surface area contributed by atoms with E-state index < -0.39 is 11.7 Å². The second kappa shape index (κ2) is 8.59. The molecule has 156 valence electrons. The number of piperidine rings is 1. The minimum absolute atomic E-state index is 0.0417. The number of anilines is 1. The van der Waals surface area contributed by atoms with E-state index in [9.17, 15) is 18.0 Å². The monoisotopic (exact) mass is 409 g/mol. The average molecular weight is 409 g/mol. The van der Waals surface area contributed by atoms with Crippen molar-refractivity contribution in [1.82, 2.24) is 10.3 Å². The van der Waals surface area contributed by atoms with Gasteiger partial charge in [0.2, 0.25) is 0 Å². The maximum absolute atomic E-state index is 12.7. The van der Waals surface area contributed by atoms with Gasteiger partial charge in [-0.15, -0.1) is 0 Å². The van der Waals surface area contributed by atoms with Crippen LogP contribution in [0.3, 0.4) is 0 Å². The highest BCUT2D eigenvalue weighted by Gasteiger charge is 2.31. The molecule has 2 heterocycles. The average Bonchev–Trinajstić information content (AvgIpc) is 2.73. The molecule has 1 aliphatic rings. The number of aromatic nitrogens is 1. The Hall–Kier alpha value is -2.97. The van der Waals surface area contributed by atoms with Crippen molar-refractivity contribution in [3.63, 3.8) is 0 Å². The molecule has 0 unspecified atom stereocenters. The van der Waals surface area contributed by atoms with Crippen LogP contribution in [0.1, 0.15) is 28.8 Å². The molecule has 29 heavy (non-hydrogen) atoms. The highest BCUT2D eigenvalue weighted by Crippen LogP contribution is 2.30. The fourth-order valence-electron chi connectivity index (χ4n) is 3.24. The van der Waals surface area contributed by atoms with Crippen LogP contribution in [0.5, 0.6) is 11.5 Å². The number of halogens is 3. The van der Waals surface area contributed by atoms with Crippen LogP contribution in [0, 0.1) is 0 Å². The van der Waals surface area contributed by atoms with Gasteiger partial charge in [0.15, 0.2) is 0 Å². The number of ether oxygens (including phenoxy) is 2. The molecule has 1 aromatic heterocycles. The minimum atomic E-state index is -4.40. The van der Waals surface area contributed by atoms with Crippen molar-refractivity contribution in [2.75, 3.05) is 32.2 Å². The number of hydrogen-bond donors (Lipinski definition) is 1. The van der Waals surface area contributed by atoms with Crippen LogP contribution in [-0.4, -0.2) is 44.2 Å². The van der Waals surface area contributed by atoms with Crippen LogP contribution in [0.25, 0.3) is 0 Å². The number of alkyl halides is 3. The molecule has 9 heteroatoms. The van der Waals surface area contributed by atoms with Crippen molar-refractivity contribution in [3.05, 3.63) is 47.7 Å². The van der Waals surface area contributed by atoms with E-state index in [1.807, 2.05) is 4.90 Å². The molecule has 0 saturated carbocycles. The number of benzene rings is 1. The molecule has 2 aromatic rings. The Kier molecular flexibility index (Phi) is 6.14. The van der Waals surface area contributed by atoms with Crippen LogP contribution >= 0.6 is 0 Å². The lowest BCUT2D eigenvalue weighted by atomic mass is 10.0. The van der Waals surface area contributed by atoms with E-state index in [4.69, 9.17) is 9.47 Å². The number of nitrogens with zero attached hydrogens (tertiary/aromatic N) is 2. The Morgan fingerprint density at radius 3 is 2.41 bits per heavy atom. The summed E-state index contributed by atoms with van der Waals surface area (Å²) in [7, 11) is 3.02. The van der Waals surface area contributed by atoms with Crippen LogP contribution in [-0.2, 0) is 6.18 Å². The maximum Gasteiger partial charge on any atom is 0.417 e. The fourth-order valence-corrected chi connectivity index (χ4v) is 3.24. The van der Waals surface area contributed by atoms with Gasteiger partial charge in [0.25, 0.3) is 5.91 Å². The number of rotatable bonds is 5. The van der Waals surface area contributed by atoms with E-state index in [0.29, 0.717) is 48.8 Å². The lowest BCUT2D eigenvalue weighted by Crippen LogP contribution is -2.45. The summed E-state index contributed by atoms with van der Waals surface area (Å²) in [6.45, 7) is 1.17. The third kappa shape index (κ3) is 4.90. The summed E-state index contributed by atoms with van der Waals surface area (Å²) in [4.78, 5) is 18.5. The van der Waals surface area contributed by atoms with Crippen molar-refractivity contribution in [2.24, 2.45) is 0 Å². The molecule has 0 atom stereocenters. The van der Waals surface area contributed by atoms with Gasteiger partial charge in [-0.3, -0.25) is 4.79 Å². The molecular formula is C20H22F3N3O3. The number of amides is 1. The molecule has 1 amide bonds. The van der Waals surface area contributed by atoms with Gasteiger partial charge < -0.3 is 19.7 Å². The van der Waals surface area contributed by atoms with Gasteiger partial charge in [-0.05, 0) is 37.1 Å². The Bertz CT molecular complexity index is 848. The van der Waals surface area contributed by atoms with Gasteiger partial charge in [-0.1, -0.05) is 0 Å². The van der Waals surface area contributed by atoms with Gasteiger partial charge >= 0.3 is 6.18 Å². The predicted molar refractivity (Wildman–Crippen MR) is 101 cm³/mol. The molecule has 0 radical (unpaired) electrons. The van der Waals surface area contributed by atoms with Gasteiger partial charge in [-0.2, -0.15) is 13.2 Å². The highest BCUT2D eigenvalue weighted by molar-refractivity contribution is 5.97. The second-order valence-electron chi connectivity index (χ2n) is 6.70. The van der Waals surface area contributed by atoms with Crippen molar-refractivity contribution >= 4 is 11.7 Å². The van der Waals surface area contributed by atoms with E-state index >= 15 is 0 Å². The smallest absolute Gasteiger partial charge is 0.417 e. The minimum Gasteiger partial charge on any atom is -0.497 e. The first-order valence-corrected chi connectivity index (χ1v) is 9.13. The molecule has 3 rings (SSSR count). The van der Waals surface area contributed by atoms with E-state index in [2.05, 4.69) is 10.3 Å². The molecule has 0 spiro atoms. The zero-order valence-electron chi connectivity index (χ0n) is 16.1. The van der Waals surface area contributed by atoms with Crippen LogP contribution < -0.4 is 19.7 Å². The van der Waals surface area contributed by atoms with E-state index in [0.717, 1.165) is 12.3 Å². The zero-order valence-corrected chi connectivity index (χ0v) is 16.1. The zero-order chi connectivity index (χ0) is 21.0. The Morgan fingerprint density at radius 2 is 1.86 bits per heavy atom. The number of hydrogen-bond acceptors (Lipinski definition) is 5. The molecule has 1 saturated heterocycles.